The van der Waals surface area contributed by atoms with Crippen LogP contribution in [0.25, 0.3) is 0 Å². The number of ether oxygens (including phenoxy) is 1. The van der Waals surface area contributed by atoms with Crippen molar-refractivity contribution in [1.82, 2.24) is 4.90 Å². The number of methoxy groups -OCH3 is 1. The molecule has 0 aromatic heterocycles. The number of nitrogens with one attached hydrogen (secondary N) is 1. The summed E-state index contributed by atoms with van der Waals surface area (Å²) in [4.78, 5) is 38.3. The molecule has 25 heavy (non-hydrogen) atoms. The fourth-order valence-electron chi connectivity index (χ4n) is 3.43. The van der Waals surface area contributed by atoms with Crippen molar-refractivity contribution >= 4 is 23.4 Å². The van der Waals surface area contributed by atoms with E-state index in [0.29, 0.717) is 24.3 Å². The van der Waals surface area contributed by atoms with E-state index in [1.54, 1.807) is 6.07 Å². The molecule has 1 aromatic carbocycles. The van der Waals surface area contributed by atoms with Gasteiger partial charge in [0.2, 0.25) is 17.7 Å². The first kappa shape index (κ1) is 17.2. The number of fused-ring (bicyclic) bond motifs is 1. The molecule has 0 radical (unpaired) electrons. The number of imide groups is 1. The maximum atomic E-state index is 12.4. The normalized spacial score (nSPS) is 22.1. The van der Waals surface area contributed by atoms with Gasteiger partial charge in [-0.15, -0.1) is 0 Å². The lowest BCUT2D eigenvalue weighted by atomic mass is 9.85. The first-order valence-corrected chi connectivity index (χ1v) is 8.46. The van der Waals surface area contributed by atoms with Gasteiger partial charge in [0, 0.05) is 13.0 Å². The van der Waals surface area contributed by atoms with Crippen LogP contribution in [0, 0.1) is 18.8 Å². The van der Waals surface area contributed by atoms with E-state index in [9.17, 15) is 14.4 Å². The zero-order valence-corrected chi connectivity index (χ0v) is 14.5. The molecule has 2 aliphatic rings. The summed E-state index contributed by atoms with van der Waals surface area (Å²) in [5, 5.41) is 2.79. The largest absolute Gasteiger partial charge is 0.495 e. The van der Waals surface area contributed by atoms with Crippen molar-refractivity contribution in [2.75, 3.05) is 19.0 Å². The number of hydrogen-bond donors (Lipinski definition) is 1. The average Bonchev–Trinajstić information content (AvgIpc) is 2.85. The molecule has 1 heterocycles. The van der Waals surface area contributed by atoms with E-state index < -0.39 is 0 Å². The number of aryl methyl sites for hydroxylation is 1. The molecule has 3 amide bonds. The van der Waals surface area contributed by atoms with Crippen molar-refractivity contribution in [3.8, 4) is 5.75 Å². The number of carbonyl (C=O) groups excluding carboxylic acids is 3. The third kappa shape index (κ3) is 3.43. The van der Waals surface area contributed by atoms with E-state index in [0.717, 1.165) is 5.56 Å². The SMILES string of the molecule is COc1ccc(C)cc1NC(=O)CCN1C(=O)[C@H]2CC=CC[C@H]2C1=O. The van der Waals surface area contributed by atoms with Gasteiger partial charge in [-0.05, 0) is 37.5 Å². The molecule has 1 aliphatic carbocycles. The lowest BCUT2D eigenvalue weighted by Crippen LogP contribution is -2.34. The van der Waals surface area contributed by atoms with E-state index in [-0.39, 0.29) is 42.5 Å². The maximum absolute atomic E-state index is 12.4. The number of allylic oxidation sites excluding steroid dienone is 2. The van der Waals surface area contributed by atoms with Crippen LogP contribution in [0.2, 0.25) is 0 Å². The molecule has 1 aliphatic heterocycles. The van der Waals surface area contributed by atoms with Crippen molar-refractivity contribution in [2.45, 2.75) is 26.2 Å². The van der Waals surface area contributed by atoms with Crippen molar-refractivity contribution in [1.29, 1.82) is 0 Å². The van der Waals surface area contributed by atoms with Crippen molar-refractivity contribution in [3.05, 3.63) is 35.9 Å². The highest BCUT2D eigenvalue weighted by Crippen LogP contribution is 2.35. The van der Waals surface area contributed by atoms with Gasteiger partial charge in [-0.3, -0.25) is 19.3 Å². The van der Waals surface area contributed by atoms with Crippen LogP contribution < -0.4 is 10.1 Å². The Kier molecular flexibility index (Phi) is 4.88. The Bertz CT molecular complexity index is 715. The highest BCUT2D eigenvalue weighted by molar-refractivity contribution is 6.05. The second-order valence-electron chi connectivity index (χ2n) is 6.49. The van der Waals surface area contributed by atoms with Gasteiger partial charge in [0.1, 0.15) is 5.75 Å². The van der Waals surface area contributed by atoms with Crippen molar-refractivity contribution in [2.24, 2.45) is 11.8 Å². The number of carbonyl (C=O) groups is 3. The summed E-state index contributed by atoms with van der Waals surface area (Å²) >= 11 is 0. The first-order chi connectivity index (χ1) is 12.0. The predicted molar refractivity (Wildman–Crippen MR) is 93.1 cm³/mol. The van der Waals surface area contributed by atoms with Gasteiger partial charge < -0.3 is 10.1 Å². The Morgan fingerprint density at radius 2 is 1.84 bits per heavy atom. The molecule has 2 atom stereocenters. The van der Waals surface area contributed by atoms with Gasteiger partial charge in [0.05, 0.1) is 24.6 Å². The van der Waals surface area contributed by atoms with Gasteiger partial charge in [0.25, 0.3) is 0 Å². The highest BCUT2D eigenvalue weighted by Gasteiger charge is 2.46. The van der Waals surface area contributed by atoms with Gasteiger partial charge in [0.15, 0.2) is 0 Å². The summed E-state index contributed by atoms with van der Waals surface area (Å²) in [6.45, 7) is 2.04. The van der Waals surface area contributed by atoms with Crippen LogP contribution in [0.15, 0.2) is 30.4 Å². The number of amides is 3. The van der Waals surface area contributed by atoms with Crippen LogP contribution in [0.4, 0.5) is 5.69 Å². The minimum absolute atomic E-state index is 0.0709. The molecule has 3 rings (SSSR count). The van der Waals surface area contributed by atoms with Gasteiger partial charge in [-0.2, -0.15) is 0 Å². The predicted octanol–water partition coefficient (Wildman–Crippen LogP) is 2.28. The summed E-state index contributed by atoms with van der Waals surface area (Å²) < 4.78 is 5.24. The van der Waals surface area contributed by atoms with Crippen LogP contribution >= 0.6 is 0 Å². The monoisotopic (exact) mass is 342 g/mol. The summed E-state index contributed by atoms with van der Waals surface area (Å²) in [5.74, 6) is -0.489. The Morgan fingerprint density at radius 3 is 2.44 bits per heavy atom. The number of likely N-dealkylation sites (tertiary alicyclic amines) is 1. The van der Waals surface area contributed by atoms with Crippen LogP contribution in [0.5, 0.6) is 5.75 Å². The Morgan fingerprint density at radius 1 is 1.20 bits per heavy atom. The fraction of sp³-hybridized carbons (Fsp3) is 0.421. The van der Waals surface area contributed by atoms with E-state index in [2.05, 4.69) is 5.32 Å². The van der Waals surface area contributed by atoms with Crippen LogP contribution in [0.3, 0.4) is 0 Å². The second kappa shape index (κ2) is 7.09. The van der Waals surface area contributed by atoms with E-state index in [1.807, 2.05) is 31.2 Å². The molecule has 1 saturated heterocycles. The van der Waals surface area contributed by atoms with Crippen LogP contribution in [-0.2, 0) is 14.4 Å². The molecule has 6 nitrogen and oxygen atoms in total. The number of hydrogen-bond acceptors (Lipinski definition) is 4. The van der Waals surface area contributed by atoms with Crippen molar-refractivity contribution < 1.29 is 19.1 Å². The number of rotatable bonds is 5. The smallest absolute Gasteiger partial charge is 0.233 e. The molecule has 1 aromatic rings. The van der Waals surface area contributed by atoms with Crippen LogP contribution in [-0.4, -0.2) is 36.3 Å². The highest BCUT2D eigenvalue weighted by atomic mass is 16.5. The molecular weight excluding hydrogens is 320 g/mol. The summed E-state index contributed by atoms with van der Waals surface area (Å²) in [5.41, 5.74) is 1.59. The summed E-state index contributed by atoms with van der Waals surface area (Å²) in [7, 11) is 1.54. The molecule has 0 spiro atoms. The minimum Gasteiger partial charge on any atom is -0.495 e. The number of anilines is 1. The summed E-state index contributed by atoms with van der Waals surface area (Å²) in [6.07, 6.45) is 5.19. The van der Waals surface area contributed by atoms with E-state index in [4.69, 9.17) is 4.74 Å². The quantitative estimate of drug-likeness (QED) is 0.658. The zero-order valence-electron chi connectivity index (χ0n) is 14.5. The van der Waals surface area contributed by atoms with Gasteiger partial charge >= 0.3 is 0 Å². The van der Waals surface area contributed by atoms with E-state index in [1.165, 1.54) is 12.0 Å². The standard InChI is InChI=1S/C19H22N2O4/c1-12-7-8-16(25-2)15(11-12)20-17(22)9-10-21-18(23)13-5-3-4-6-14(13)19(21)24/h3-4,7-8,11,13-14H,5-6,9-10H2,1-2H3,(H,20,22)/t13-,14+. The molecule has 0 unspecified atom stereocenters. The lowest BCUT2D eigenvalue weighted by Gasteiger charge is -2.15. The second-order valence-corrected chi connectivity index (χ2v) is 6.49. The number of nitrogens with zero attached hydrogens (tertiary/aromatic N) is 1. The van der Waals surface area contributed by atoms with Gasteiger partial charge in [-0.1, -0.05) is 18.2 Å². The van der Waals surface area contributed by atoms with Gasteiger partial charge in [-0.25, -0.2) is 0 Å². The lowest BCUT2D eigenvalue weighted by molar-refractivity contribution is -0.140. The maximum Gasteiger partial charge on any atom is 0.233 e. The zero-order chi connectivity index (χ0) is 18.0. The molecule has 6 heteroatoms. The molecular formula is C19H22N2O4. The third-order valence-electron chi connectivity index (χ3n) is 4.79. The van der Waals surface area contributed by atoms with Crippen LogP contribution in [0.1, 0.15) is 24.8 Å². The molecule has 132 valence electrons. The molecule has 0 bridgehead atoms. The molecule has 1 fully saturated rings. The minimum atomic E-state index is -0.252. The fourth-order valence-corrected chi connectivity index (χ4v) is 3.43. The molecule has 0 saturated carbocycles. The summed E-state index contributed by atoms with van der Waals surface area (Å²) in [6, 6.07) is 5.51. The number of benzene rings is 1. The molecule has 1 N–H and O–H groups in total. The third-order valence-corrected chi connectivity index (χ3v) is 4.79. The van der Waals surface area contributed by atoms with Crippen molar-refractivity contribution in [3.63, 3.8) is 0 Å². The average molecular weight is 342 g/mol. The Labute approximate surface area is 146 Å². The Balaban J connectivity index is 1.60. The van der Waals surface area contributed by atoms with E-state index >= 15 is 0 Å². The Hall–Kier alpha value is -2.63. The first-order valence-electron chi connectivity index (χ1n) is 8.46. The topological polar surface area (TPSA) is 75.7 Å².